The highest BCUT2D eigenvalue weighted by Crippen LogP contribution is 2.28. The van der Waals surface area contributed by atoms with Crippen molar-refractivity contribution >= 4 is 21.6 Å². The number of sulfonamides is 1. The summed E-state index contributed by atoms with van der Waals surface area (Å²) in [6.45, 7) is 1.52. The predicted molar refractivity (Wildman–Crippen MR) is 65.0 cm³/mol. The maximum absolute atomic E-state index is 13.4. The molecule has 0 spiro atoms. The summed E-state index contributed by atoms with van der Waals surface area (Å²) in [6, 6.07) is 4.35. The minimum atomic E-state index is -3.76. The summed E-state index contributed by atoms with van der Waals surface area (Å²) in [7, 11) is -3.76. The highest BCUT2D eigenvalue weighted by atomic mass is 32.2. The number of anilines is 1. The van der Waals surface area contributed by atoms with E-state index in [9.17, 15) is 17.6 Å². The summed E-state index contributed by atoms with van der Waals surface area (Å²) in [5.41, 5.74) is 0.715. The van der Waals surface area contributed by atoms with Crippen LogP contribution in [-0.4, -0.2) is 26.1 Å². The fourth-order valence-corrected chi connectivity index (χ4v) is 2.75. The van der Waals surface area contributed by atoms with Crippen LogP contribution >= 0.6 is 0 Å². The Morgan fingerprint density at radius 1 is 1.44 bits per heavy atom. The second-order valence-corrected chi connectivity index (χ2v) is 6.15. The Kier molecular flexibility index (Phi) is 3.12. The van der Waals surface area contributed by atoms with Crippen molar-refractivity contribution in [2.24, 2.45) is 5.14 Å². The van der Waals surface area contributed by atoms with E-state index in [1.807, 2.05) is 0 Å². The Morgan fingerprint density at radius 2 is 2.11 bits per heavy atom. The number of amides is 1. The third kappa shape index (κ3) is 2.23. The molecular formula is C11H13FN2O3S. The molecule has 1 heterocycles. The number of primary sulfonamides is 1. The number of carbonyl (C=O) groups excluding carboxylic acids is 1. The second kappa shape index (κ2) is 4.33. The van der Waals surface area contributed by atoms with Crippen LogP contribution < -0.4 is 10.0 Å². The summed E-state index contributed by atoms with van der Waals surface area (Å²) in [6.07, 6.45) is -0.158. The van der Waals surface area contributed by atoms with Crippen molar-refractivity contribution in [3.63, 3.8) is 0 Å². The predicted octanol–water partition coefficient (Wildman–Crippen LogP) is 0.528. The van der Waals surface area contributed by atoms with Gasteiger partial charge in [-0.2, -0.15) is 0 Å². The number of rotatable bonds is 2. The largest absolute Gasteiger partial charge is 0.311 e. The van der Waals surface area contributed by atoms with Crippen molar-refractivity contribution in [3.8, 4) is 0 Å². The molecule has 1 aromatic carbocycles. The average Bonchev–Trinajstić information content (AvgIpc) is 2.64. The van der Waals surface area contributed by atoms with Crippen LogP contribution in [0.1, 0.15) is 12.0 Å². The SMILES string of the molecule is Cc1c(F)cccc1N1CC(S(N)(=O)=O)CC1=O. The van der Waals surface area contributed by atoms with Gasteiger partial charge in [-0.15, -0.1) is 0 Å². The van der Waals surface area contributed by atoms with Crippen molar-refractivity contribution in [2.45, 2.75) is 18.6 Å². The summed E-state index contributed by atoms with van der Waals surface area (Å²) in [5, 5.41) is 4.11. The van der Waals surface area contributed by atoms with Crippen LogP contribution in [0.3, 0.4) is 0 Å². The Labute approximate surface area is 104 Å². The molecule has 18 heavy (non-hydrogen) atoms. The van der Waals surface area contributed by atoms with E-state index in [2.05, 4.69) is 0 Å². The number of carbonyl (C=O) groups is 1. The van der Waals surface area contributed by atoms with Gasteiger partial charge in [0.25, 0.3) is 0 Å². The topological polar surface area (TPSA) is 80.5 Å². The van der Waals surface area contributed by atoms with Gasteiger partial charge in [-0.25, -0.2) is 17.9 Å². The molecule has 1 fully saturated rings. The monoisotopic (exact) mass is 272 g/mol. The van der Waals surface area contributed by atoms with Gasteiger partial charge in [0.2, 0.25) is 15.9 Å². The molecule has 7 heteroatoms. The van der Waals surface area contributed by atoms with Crippen LogP contribution in [0.25, 0.3) is 0 Å². The molecule has 0 aromatic heterocycles. The molecule has 0 aliphatic carbocycles. The van der Waals surface area contributed by atoms with Gasteiger partial charge in [0.15, 0.2) is 0 Å². The Morgan fingerprint density at radius 3 is 2.67 bits per heavy atom. The summed E-state index contributed by atoms with van der Waals surface area (Å²) < 4.78 is 35.9. The van der Waals surface area contributed by atoms with Crippen LogP contribution in [0.2, 0.25) is 0 Å². The van der Waals surface area contributed by atoms with Crippen LogP contribution in [0.4, 0.5) is 10.1 Å². The van der Waals surface area contributed by atoms with E-state index < -0.39 is 21.1 Å². The maximum atomic E-state index is 13.4. The van der Waals surface area contributed by atoms with Crippen LogP contribution in [0.5, 0.6) is 0 Å². The highest BCUT2D eigenvalue weighted by molar-refractivity contribution is 7.89. The molecule has 0 radical (unpaired) electrons. The molecule has 1 aliphatic heterocycles. The number of halogens is 1. The molecule has 5 nitrogen and oxygen atoms in total. The molecular weight excluding hydrogens is 259 g/mol. The third-order valence-corrected chi connectivity index (χ3v) is 4.33. The molecule has 0 saturated carbocycles. The van der Waals surface area contributed by atoms with Crippen molar-refractivity contribution in [3.05, 3.63) is 29.6 Å². The fourth-order valence-electron chi connectivity index (χ4n) is 2.02. The average molecular weight is 272 g/mol. The quantitative estimate of drug-likeness (QED) is 0.852. The number of nitrogens with zero attached hydrogens (tertiary/aromatic N) is 1. The molecule has 2 N–H and O–H groups in total. The standard InChI is InChI=1S/C11H13FN2O3S/c1-7-9(12)3-2-4-10(7)14-6-8(5-11(14)15)18(13,16)17/h2-4,8H,5-6H2,1H3,(H2,13,16,17). The van der Waals surface area contributed by atoms with Gasteiger partial charge in [-0.3, -0.25) is 4.79 Å². The molecule has 1 unspecified atom stereocenters. The minimum absolute atomic E-state index is 0.0258. The zero-order chi connectivity index (χ0) is 13.5. The lowest BCUT2D eigenvalue weighted by atomic mass is 10.2. The molecule has 1 atom stereocenters. The molecule has 2 rings (SSSR count). The second-order valence-electron chi connectivity index (χ2n) is 4.30. The molecule has 1 saturated heterocycles. The van der Waals surface area contributed by atoms with Gasteiger partial charge in [-0.05, 0) is 19.1 Å². The van der Waals surface area contributed by atoms with Crippen LogP contribution in [0, 0.1) is 12.7 Å². The molecule has 98 valence electrons. The first-order valence-corrected chi connectivity index (χ1v) is 6.98. The lowest BCUT2D eigenvalue weighted by Gasteiger charge is -2.18. The van der Waals surface area contributed by atoms with E-state index in [-0.39, 0.29) is 18.9 Å². The lowest BCUT2D eigenvalue weighted by Crippen LogP contribution is -2.32. The first-order chi connectivity index (χ1) is 8.30. The van der Waals surface area contributed by atoms with Crippen molar-refractivity contribution in [1.29, 1.82) is 0 Å². The van der Waals surface area contributed by atoms with Gasteiger partial charge in [-0.1, -0.05) is 6.07 Å². The molecule has 0 bridgehead atoms. The Hall–Kier alpha value is -1.47. The molecule has 1 aromatic rings. The normalized spacial score (nSPS) is 20.5. The first-order valence-electron chi connectivity index (χ1n) is 5.38. The Balaban J connectivity index is 2.36. The van der Waals surface area contributed by atoms with Gasteiger partial charge in [0, 0.05) is 24.2 Å². The van der Waals surface area contributed by atoms with E-state index >= 15 is 0 Å². The zero-order valence-corrected chi connectivity index (χ0v) is 10.6. The minimum Gasteiger partial charge on any atom is -0.311 e. The van der Waals surface area contributed by atoms with Gasteiger partial charge >= 0.3 is 0 Å². The van der Waals surface area contributed by atoms with Crippen LogP contribution in [-0.2, 0) is 14.8 Å². The third-order valence-electron chi connectivity index (χ3n) is 3.08. The van der Waals surface area contributed by atoms with E-state index in [4.69, 9.17) is 5.14 Å². The van der Waals surface area contributed by atoms with Gasteiger partial charge in [0.1, 0.15) is 11.1 Å². The summed E-state index contributed by atoms with van der Waals surface area (Å²) >= 11 is 0. The van der Waals surface area contributed by atoms with E-state index in [0.717, 1.165) is 0 Å². The highest BCUT2D eigenvalue weighted by Gasteiger charge is 2.37. The van der Waals surface area contributed by atoms with Crippen LogP contribution in [0.15, 0.2) is 18.2 Å². The fraction of sp³-hybridized carbons (Fsp3) is 0.364. The lowest BCUT2D eigenvalue weighted by molar-refractivity contribution is -0.117. The number of hydrogen-bond acceptors (Lipinski definition) is 3. The zero-order valence-electron chi connectivity index (χ0n) is 9.76. The number of nitrogens with two attached hydrogens (primary N) is 1. The van der Waals surface area contributed by atoms with Crippen molar-refractivity contribution < 1.29 is 17.6 Å². The van der Waals surface area contributed by atoms with Gasteiger partial charge in [0.05, 0.1) is 0 Å². The summed E-state index contributed by atoms with van der Waals surface area (Å²) in [5.74, 6) is -0.790. The number of hydrogen-bond donors (Lipinski definition) is 1. The van der Waals surface area contributed by atoms with Crippen molar-refractivity contribution in [1.82, 2.24) is 0 Å². The molecule has 1 amide bonds. The van der Waals surface area contributed by atoms with Gasteiger partial charge < -0.3 is 4.90 Å². The summed E-state index contributed by atoms with van der Waals surface area (Å²) in [4.78, 5) is 13.1. The van der Waals surface area contributed by atoms with E-state index in [1.165, 1.54) is 17.0 Å². The van der Waals surface area contributed by atoms with E-state index in [0.29, 0.717) is 11.3 Å². The number of benzene rings is 1. The smallest absolute Gasteiger partial charge is 0.228 e. The van der Waals surface area contributed by atoms with E-state index in [1.54, 1.807) is 13.0 Å². The Bertz CT molecular complexity index is 600. The molecule has 1 aliphatic rings. The first kappa shape index (κ1) is 13.0. The van der Waals surface area contributed by atoms with Crippen molar-refractivity contribution in [2.75, 3.05) is 11.4 Å². The maximum Gasteiger partial charge on any atom is 0.228 e.